The molecule has 0 aliphatic carbocycles. The van der Waals surface area contributed by atoms with Crippen molar-refractivity contribution in [3.63, 3.8) is 0 Å². The summed E-state index contributed by atoms with van der Waals surface area (Å²) in [5, 5.41) is 0. The third kappa shape index (κ3) is 3.74. The summed E-state index contributed by atoms with van der Waals surface area (Å²) in [5.41, 5.74) is 8.35. The molecule has 1 atom stereocenters. The number of ether oxygens (including phenoxy) is 1. The summed E-state index contributed by atoms with van der Waals surface area (Å²) in [7, 11) is 1.74. The van der Waals surface area contributed by atoms with E-state index in [1.165, 1.54) is 24.0 Å². The van der Waals surface area contributed by atoms with Crippen molar-refractivity contribution < 1.29 is 4.74 Å². The lowest BCUT2D eigenvalue weighted by Crippen LogP contribution is -2.05. The van der Waals surface area contributed by atoms with Gasteiger partial charge in [-0.25, -0.2) is 0 Å². The summed E-state index contributed by atoms with van der Waals surface area (Å²) in [5.74, 6) is 2.12. The van der Waals surface area contributed by atoms with Gasteiger partial charge in [-0.05, 0) is 54.8 Å². The minimum atomic E-state index is 0.493. The van der Waals surface area contributed by atoms with Crippen molar-refractivity contribution in [2.24, 2.45) is 5.73 Å². The van der Waals surface area contributed by atoms with Gasteiger partial charge in [0.2, 0.25) is 0 Å². The van der Waals surface area contributed by atoms with Crippen molar-refractivity contribution in [3.05, 3.63) is 29.3 Å². The summed E-state index contributed by atoms with van der Waals surface area (Å²) >= 11 is 0. The maximum Gasteiger partial charge on any atom is 0.122 e. The number of nitrogens with two attached hydrogens (primary N) is 1. The van der Waals surface area contributed by atoms with Crippen LogP contribution >= 0.6 is 0 Å². The molecule has 2 nitrogen and oxygen atoms in total. The van der Waals surface area contributed by atoms with Crippen molar-refractivity contribution in [2.45, 2.75) is 51.9 Å². The van der Waals surface area contributed by atoms with Crippen LogP contribution in [0.25, 0.3) is 0 Å². The Hall–Kier alpha value is -1.02. The Bertz CT molecular complexity index is 360. The minimum Gasteiger partial charge on any atom is -0.496 e. The maximum absolute atomic E-state index is 5.61. The van der Waals surface area contributed by atoms with Crippen molar-refractivity contribution in [2.75, 3.05) is 13.7 Å². The molecular weight excluding hydrogens is 222 g/mol. The molecule has 0 bridgehead atoms. The van der Waals surface area contributed by atoms with E-state index in [0.717, 1.165) is 18.7 Å². The topological polar surface area (TPSA) is 35.2 Å². The van der Waals surface area contributed by atoms with Crippen LogP contribution in [0.1, 0.15) is 63.0 Å². The molecule has 0 saturated carbocycles. The van der Waals surface area contributed by atoms with E-state index in [-0.39, 0.29) is 0 Å². The van der Waals surface area contributed by atoms with Crippen LogP contribution in [0.2, 0.25) is 0 Å². The summed E-state index contributed by atoms with van der Waals surface area (Å²) in [4.78, 5) is 0. The summed E-state index contributed by atoms with van der Waals surface area (Å²) in [6.45, 7) is 7.45. The van der Waals surface area contributed by atoms with Crippen molar-refractivity contribution in [1.29, 1.82) is 0 Å². The number of methoxy groups -OCH3 is 1. The molecule has 1 rings (SSSR count). The fourth-order valence-electron chi connectivity index (χ4n) is 2.43. The van der Waals surface area contributed by atoms with Gasteiger partial charge < -0.3 is 10.5 Å². The smallest absolute Gasteiger partial charge is 0.122 e. The predicted octanol–water partition coefficient (Wildman–Crippen LogP) is 4.05. The molecule has 0 saturated heterocycles. The van der Waals surface area contributed by atoms with Crippen molar-refractivity contribution in [1.82, 2.24) is 0 Å². The molecule has 0 aliphatic rings. The quantitative estimate of drug-likeness (QED) is 0.791. The Labute approximate surface area is 112 Å². The highest BCUT2D eigenvalue weighted by molar-refractivity contribution is 5.40. The van der Waals surface area contributed by atoms with Crippen LogP contribution in [-0.2, 0) is 0 Å². The van der Waals surface area contributed by atoms with Gasteiger partial charge in [-0.2, -0.15) is 0 Å². The highest BCUT2D eigenvalue weighted by atomic mass is 16.5. The van der Waals surface area contributed by atoms with Gasteiger partial charge in [-0.15, -0.1) is 0 Å². The average molecular weight is 249 g/mol. The van der Waals surface area contributed by atoms with E-state index in [1.807, 2.05) is 0 Å². The molecule has 0 aliphatic heterocycles. The second-order valence-electron chi connectivity index (χ2n) is 5.19. The summed E-state index contributed by atoms with van der Waals surface area (Å²) < 4.78 is 5.44. The number of benzene rings is 1. The van der Waals surface area contributed by atoms with E-state index >= 15 is 0 Å². The number of hydrogen-bond acceptors (Lipinski definition) is 2. The number of rotatable bonds is 7. The lowest BCUT2D eigenvalue weighted by Gasteiger charge is -2.19. The van der Waals surface area contributed by atoms with Gasteiger partial charge in [0.25, 0.3) is 0 Å². The molecular formula is C16H27NO. The van der Waals surface area contributed by atoms with Crippen LogP contribution in [0, 0.1) is 0 Å². The Morgan fingerprint density at radius 2 is 2.00 bits per heavy atom. The van der Waals surface area contributed by atoms with Crippen molar-refractivity contribution in [3.8, 4) is 5.75 Å². The number of hydrogen-bond donors (Lipinski definition) is 1. The molecule has 0 spiro atoms. The normalized spacial score (nSPS) is 12.8. The van der Waals surface area contributed by atoms with Gasteiger partial charge in [-0.3, -0.25) is 0 Å². The molecule has 0 amide bonds. The first-order valence-electron chi connectivity index (χ1n) is 7.01. The average Bonchev–Trinajstić information content (AvgIpc) is 2.39. The second kappa shape index (κ2) is 7.42. The van der Waals surface area contributed by atoms with Gasteiger partial charge in [0, 0.05) is 0 Å². The van der Waals surface area contributed by atoms with Gasteiger partial charge >= 0.3 is 0 Å². The molecule has 1 aromatic carbocycles. The third-order valence-electron chi connectivity index (χ3n) is 3.60. The standard InChI is InChI=1S/C16H27NO/c1-5-13(7-6-10-17)14-8-9-16(18-4)15(11-14)12(2)3/h8-9,11-13H,5-7,10,17H2,1-4H3. The molecule has 102 valence electrons. The zero-order chi connectivity index (χ0) is 13.5. The Kier molecular flexibility index (Phi) is 6.20. The molecule has 1 unspecified atom stereocenters. The molecule has 0 fully saturated rings. The molecule has 1 aromatic rings. The molecule has 2 N–H and O–H groups in total. The molecule has 0 aromatic heterocycles. The van der Waals surface area contributed by atoms with E-state index in [4.69, 9.17) is 10.5 Å². The van der Waals surface area contributed by atoms with Crippen LogP contribution in [0.3, 0.4) is 0 Å². The highest BCUT2D eigenvalue weighted by Gasteiger charge is 2.13. The zero-order valence-electron chi connectivity index (χ0n) is 12.2. The SMILES string of the molecule is CCC(CCCN)c1ccc(OC)c(C(C)C)c1. The second-order valence-corrected chi connectivity index (χ2v) is 5.19. The molecule has 18 heavy (non-hydrogen) atoms. The highest BCUT2D eigenvalue weighted by Crippen LogP contribution is 2.32. The lowest BCUT2D eigenvalue weighted by molar-refractivity contribution is 0.407. The van der Waals surface area contributed by atoms with Crippen LogP contribution in [0.15, 0.2) is 18.2 Å². The Balaban J connectivity index is 2.98. The third-order valence-corrected chi connectivity index (χ3v) is 3.60. The summed E-state index contributed by atoms with van der Waals surface area (Å²) in [6, 6.07) is 6.62. The maximum atomic E-state index is 5.61. The van der Waals surface area contributed by atoms with Crippen molar-refractivity contribution >= 4 is 0 Å². The van der Waals surface area contributed by atoms with E-state index in [2.05, 4.69) is 39.0 Å². The van der Waals surface area contributed by atoms with Gasteiger partial charge in [-0.1, -0.05) is 32.9 Å². The Morgan fingerprint density at radius 3 is 2.50 bits per heavy atom. The van der Waals surface area contributed by atoms with Gasteiger partial charge in [0.15, 0.2) is 0 Å². The fourth-order valence-corrected chi connectivity index (χ4v) is 2.43. The lowest BCUT2D eigenvalue weighted by atomic mass is 9.88. The molecule has 2 heteroatoms. The van der Waals surface area contributed by atoms with E-state index in [1.54, 1.807) is 7.11 Å². The first-order chi connectivity index (χ1) is 8.63. The molecule has 0 radical (unpaired) electrons. The Morgan fingerprint density at radius 1 is 1.28 bits per heavy atom. The fraction of sp³-hybridized carbons (Fsp3) is 0.625. The van der Waals surface area contributed by atoms with Crippen LogP contribution < -0.4 is 10.5 Å². The largest absolute Gasteiger partial charge is 0.496 e. The first-order valence-corrected chi connectivity index (χ1v) is 7.01. The monoisotopic (exact) mass is 249 g/mol. The molecule has 0 heterocycles. The zero-order valence-corrected chi connectivity index (χ0v) is 12.2. The minimum absolute atomic E-state index is 0.493. The van der Waals surface area contributed by atoms with Gasteiger partial charge in [0.1, 0.15) is 5.75 Å². The van der Waals surface area contributed by atoms with E-state index in [9.17, 15) is 0 Å². The summed E-state index contributed by atoms with van der Waals surface area (Å²) in [6.07, 6.45) is 3.45. The first kappa shape index (κ1) is 15.0. The van der Waals surface area contributed by atoms with Crippen LogP contribution in [0.4, 0.5) is 0 Å². The van der Waals surface area contributed by atoms with E-state index in [0.29, 0.717) is 11.8 Å². The van der Waals surface area contributed by atoms with E-state index < -0.39 is 0 Å². The van der Waals surface area contributed by atoms with Gasteiger partial charge in [0.05, 0.1) is 7.11 Å². The predicted molar refractivity (Wildman–Crippen MR) is 78.4 cm³/mol. The van der Waals surface area contributed by atoms with Crippen LogP contribution in [0.5, 0.6) is 5.75 Å². The van der Waals surface area contributed by atoms with Crippen LogP contribution in [-0.4, -0.2) is 13.7 Å².